The minimum absolute atomic E-state index is 0.0537. The molecule has 0 heterocycles. The van der Waals surface area contributed by atoms with Crippen LogP contribution in [0.25, 0.3) is 11.1 Å². The Hall–Kier alpha value is -2.14. The first-order valence-electron chi connectivity index (χ1n) is 7.00. The number of rotatable bonds is 6. The van der Waals surface area contributed by atoms with Gasteiger partial charge in [0.15, 0.2) is 9.84 Å². The van der Waals surface area contributed by atoms with E-state index in [1.165, 1.54) is 6.26 Å². The van der Waals surface area contributed by atoms with Crippen molar-refractivity contribution in [3.05, 3.63) is 60.2 Å². The molecule has 0 aliphatic carbocycles. The molecular weight excluding hydrogens is 298 g/mol. The molecule has 0 saturated heterocycles. The van der Waals surface area contributed by atoms with Crippen LogP contribution in [0.5, 0.6) is 0 Å². The van der Waals surface area contributed by atoms with E-state index in [1.807, 2.05) is 42.5 Å². The summed E-state index contributed by atoms with van der Waals surface area (Å²) in [7, 11) is -3.30. The van der Waals surface area contributed by atoms with Gasteiger partial charge in [-0.05, 0) is 23.1 Å². The molecular formula is C17H19NO3S. The lowest BCUT2D eigenvalue weighted by Crippen LogP contribution is -2.16. The molecule has 0 spiro atoms. The molecule has 2 aromatic rings. The number of amides is 1. The highest BCUT2D eigenvalue weighted by Gasteiger charge is 2.23. The Labute approximate surface area is 130 Å². The van der Waals surface area contributed by atoms with Crippen molar-refractivity contribution in [2.24, 2.45) is 5.73 Å². The Morgan fingerprint density at radius 1 is 1.00 bits per heavy atom. The van der Waals surface area contributed by atoms with Crippen LogP contribution in [0.2, 0.25) is 0 Å². The van der Waals surface area contributed by atoms with Gasteiger partial charge < -0.3 is 5.73 Å². The summed E-state index contributed by atoms with van der Waals surface area (Å²) in [6.45, 7) is 0. The Morgan fingerprint density at radius 2 is 1.55 bits per heavy atom. The van der Waals surface area contributed by atoms with E-state index in [2.05, 4.69) is 0 Å². The first-order valence-corrected chi connectivity index (χ1v) is 8.96. The number of nitrogens with two attached hydrogens (primary N) is 1. The summed E-state index contributed by atoms with van der Waals surface area (Å²) in [4.78, 5) is 10.9. The van der Waals surface area contributed by atoms with Gasteiger partial charge in [0, 0.05) is 12.7 Å². The number of carbonyl (C=O) groups excluding carboxylic acids is 1. The van der Waals surface area contributed by atoms with Crippen LogP contribution < -0.4 is 5.73 Å². The van der Waals surface area contributed by atoms with Crippen molar-refractivity contribution >= 4 is 15.7 Å². The highest BCUT2D eigenvalue weighted by molar-refractivity contribution is 7.90. The first kappa shape index (κ1) is 16.2. The maximum absolute atomic E-state index is 11.9. The molecule has 5 heteroatoms. The number of hydrogen-bond acceptors (Lipinski definition) is 3. The van der Waals surface area contributed by atoms with Gasteiger partial charge in [-0.15, -0.1) is 0 Å². The van der Waals surface area contributed by atoms with Gasteiger partial charge in [-0.25, -0.2) is 8.42 Å². The van der Waals surface area contributed by atoms with Gasteiger partial charge >= 0.3 is 0 Å². The Morgan fingerprint density at radius 3 is 2.05 bits per heavy atom. The largest absolute Gasteiger partial charge is 0.370 e. The normalized spacial score (nSPS) is 12.8. The standard InChI is InChI=1S/C17H19NO3S/c1-22(20,21)16(11-12-17(18)19)15-9-7-14(8-10-15)13-5-3-2-4-6-13/h2-10,16H,11-12H2,1H3,(H2,18,19). The van der Waals surface area contributed by atoms with E-state index >= 15 is 0 Å². The summed E-state index contributed by atoms with van der Waals surface area (Å²) in [5.74, 6) is -0.491. The number of hydrogen-bond donors (Lipinski definition) is 1. The van der Waals surface area contributed by atoms with E-state index in [9.17, 15) is 13.2 Å². The van der Waals surface area contributed by atoms with Crippen molar-refractivity contribution in [1.82, 2.24) is 0 Å². The molecule has 0 aliphatic rings. The second-order valence-corrected chi connectivity index (χ2v) is 7.54. The summed E-state index contributed by atoms with van der Waals surface area (Å²) in [6.07, 6.45) is 1.45. The highest BCUT2D eigenvalue weighted by Crippen LogP contribution is 2.29. The molecule has 0 bridgehead atoms. The molecule has 4 nitrogen and oxygen atoms in total. The predicted molar refractivity (Wildman–Crippen MR) is 87.9 cm³/mol. The topological polar surface area (TPSA) is 77.2 Å². The summed E-state index contributed by atoms with van der Waals surface area (Å²) in [5, 5.41) is -0.704. The second-order valence-electron chi connectivity index (χ2n) is 5.31. The van der Waals surface area contributed by atoms with Crippen LogP contribution in [0.15, 0.2) is 54.6 Å². The monoisotopic (exact) mass is 317 g/mol. The van der Waals surface area contributed by atoms with Crippen LogP contribution in [0.1, 0.15) is 23.7 Å². The molecule has 0 fully saturated rings. The lowest BCUT2D eigenvalue weighted by molar-refractivity contribution is -0.118. The SMILES string of the molecule is CS(=O)(=O)C(CCC(N)=O)c1ccc(-c2ccccc2)cc1. The summed E-state index contributed by atoms with van der Waals surface area (Å²) >= 11 is 0. The average Bonchev–Trinajstić information content (AvgIpc) is 2.47. The van der Waals surface area contributed by atoms with Gasteiger partial charge in [0.2, 0.25) is 5.91 Å². The fraction of sp³-hybridized carbons (Fsp3) is 0.235. The quantitative estimate of drug-likeness (QED) is 0.890. The van der Waals surface area contributed by atoms with E-state index in [0.29, 0.717) is 5.56 Å². The van der Waals surface area contributed by atoms with Crippen molar-refractivity contribution in [3.63, 3.8) is 0 Å². The van der Waals surface area contributed by atoms with E-state index in [0.717, 1.165) is 11.1 Å². The fourth-order valence-corrected chi connectivity index (χ4v) is 3.62. The molecule has 2 aromatic carbocycles. The molecule has 0 radical (unpaired) electrons. The van der Waals surface area contributed by atoms with Gasteiger partial charge in [0.1, 0.15) is 0 Å². The molecule has 0 saturated carbocycles. The van der Waals surface area contributed by atoms with Gasteiger partial charge in [0.25, 0.3) is 0 Å². The van der Waals surface area contributed by atoms with Gasteiger partial charge in [-0.2, -0.15) is 0 Å². The average molecular weight is 317 g/mol. The molecule has 1 amide bonds. The van der Waals surface area contributed by atoms with Crippen molar-refractivity contribution in [3.8, 4) is 11.1 Å². The zero-order chi connectivity index (χ0) is 16.2. The number of sulfone groups is 1. The van der Waals surface area contributed by atoms with Gasteiger partial charge in [0.05, 0.1) is 5.25 Å². The fourth-order valence-electron chi connectivity index (χ4n) is 2.42. The maximum atomic E-state index is 11.9. The van der Waals surface area contributed by atoms with Gasteiger partial charge in [-0.3, -0.25) is 4.79 Å². The zero-order valence-corrected chi connectivity index (χ0v) is 13.2. The minimum Gasteiger partial charge on any atom is -0.370 e. The summed E-state index contributed by atoms with van der Waals surface area (Å²) < 4.78 is 23.9. The number of benzene rings is 2. The zero-order valence-electron chi connectivity index (χ0n) is 12.4. The van der Waals surface area contributed by atoms with Crippen LogP contribution in [0, 0.1) is 0 Å². The molecule has 22 heavy (non-hydrogen) atoms. The maximum Gasteiger partial charge on any atom is 0.217 e. The van der Waals surface area contributed by atoms with Crippen molar-refractivity contribution < 1.29 is 13.2 Å². The van der Waals surface area contributed by atoms with Crippen molar-refractivity contribution in [2.75, 3.05) is 6.26 Å². The predicted octanol–water partition coefficient (Wildman–Crippen LogP) is 2.70. The lowest BCUT2D eigenvalue weighted by Gasteiger charge is -2.15. The molecule has 1 atom stereocenters. The molecule has 2 N–H and O–H groups in total. The van der Waals surface area contributed by atoms with Crippen LogP contribution in [0.3, 0.4) is 0 Å². The third kappa shape index (κ3) is 4.18. The van der Waals surface area contributed by atoms with E-state index in [1.54, 1.807) is 12.1 Å². The molecule has 0 aromatic heterocycles. The minimum atomic E-state index is -3.30. The van der Waals surface area contributed by atoms with E-state index in [-0.39, 0.29) is 12.8 Å². The van der Waals surface area contributed by atoms with Gasteiger partial charge in [-0.1, -0.05) is 54.6 Å². The van der Waals surface area contributed by atoms with Crippen molar-refractivity contribution in [1.29, 1.82) is 0 Å². The Balaban J connectivity index is 2.28. The van der Waals surface area contributed by atoms with E-state index < -0.39 is 21.0 Å². The molecule has 2 rings (SSSR count). The van der Waals surface area contributed by atoms with Crippen LogP contribution in [0.4, 0.5) is 0 Å². The van der Waals surface area contributed by atoms with E-state index in [4.69, 9.17) is 5.73 Å². The second kappa shape index (κ2) is 6.75. The third-order valence-electron chi connectivity index (χ3n) is 3.56. The smallest absolute Gasteiger partial charge is 0.217 e. The third-order valence-corrected chi connectivity index (χ3v) is 5.10. The number of primary amides is 1. The number of carbonyl (C=O) groups is 1. The van der Waals surface area contributed by atoms with Crippen LogP contribution in [-0.4, -0.2) is 20.6 Å². The van der Waals surface area contributed by atoms with Crippen LogP contribution in [-0.2, 0) is 14.6 Å². The summed E-state index contributed by atoms with van der Waals surface area (Å²) in [5.41, 5.74) is 7.90. The molecule has 0 aliphatic heterocycles. The molecule has 1 unspecified atom stereocenters. The summed E-state index contributed by atoms with van der Waals surface area (Å²) in [6, 6.07) is 17.2. The molecule has 116 valence electrons. The van der Waals surface area contributed by atoms with Crippen LogP contribution >= 0.6 is 0 Å². The lowest BCUT2D eigenvalue weighted by atomic mass is 10.0. The van der Waals surface area contributed by atoms with Crippen molar-refractivity contribution in [2.45, 2.75) is 18.1 Å². The Bertz CT molecular complexity index is 737. The first-order chi connectivity index (χ1) is 10.4. The highest BCUT2D eigenvalue weighted by atomic mass is 32.2. The Kier molecular flexibility index (Phi) is 4.98.